The van der Waals surface area contributed by atoms with Crippen molar-refractivity contribution in [2.75, 3.05) is 37.7 Å². The van der Waals surface area contributed by atoms with E-state index in [0.29, 0.717) is 23.4 Å². The topological polar surface area (TPSA) is 91.1 Å². The fourth-order valence-electron chi connectivity index (χ4n) is 4.20. The second kappa shape index (κ2) is 7.97. The first-order chi connectivity index (χ1) is 14.7. The second-order valence-corrected chi connectivity index (χ2v) is 7.75. The van der Waals surface area contributed by atoms with Gasteiger partial charge >= 0.3 is 0 Å². The Bertz CT molecular complexity index is 1070. The van der Waals surface area contributed by atoms with Gasteiger partial charge in [0.25, 0.3) is 5.91 Å². The molecule has 2 aliphatic heterocycles. The molecule has 1 fully saturated rings. The van der Waals surface area contributed by atoms with Crippen molar-refractivity contribution in [3.8, 4) is 5.75 Å². The molecule has 156 valence electrons. The van der Waals surface area contributed by atoms with E-state index >= 15 is 0 Å². The third kappa shape index (κ3) is 3.48. The zero-order chi connectivity index (χ0) is 20.5. The maximum Gasteiger partial charge on any atom is 0.255 e. The fraction of sp³-hybridized carbons (Fsp3) is 0.364. The lowest BCUT2D eigenvalue weighted by Crippen LogP contribution is -2.44. The SMILES string of the molecule is O=C(N[C@H]1COc2cc(N3CCNCC3)ccc2C1)c1cnn2c(CO)cccc12. The van der Waals surface area contributed by atoms with Gasteiger partial charge in [0.15, 0.2) is 0 Å². The number of nitrogens with one attached hydrogen (secondary N) is 2. The number of piperazine rings is 1. The van der Waals surface area contributed by atoms with Crippen LogP contribution in [0.25, 0.3) is 5.52 Å². The van der Waals surface area contributed by atoms with Gasteiger partial charge < -0.3 is 25.4 Å². The third-order valence-corrected chi connectivity index (χ3v) is 5.80. The predicted molar refractivity (Wildman–Crippen MR) is 113 cm³/mol. The number of carbonyl (C=O) groups excluding carboxylic acids is 1. The summed E-state index contributed by atoms with van der Waals surface area (Å²) in [5.74, 6) is 0.717. The first-order valence-electron chi connectivity index (χ1n) is 10.3. The van der Waals surface area contributed by atoms with Gasteiger partial charge in [-0.15, -0.1) is 0 Å². The van der Waals surface area contributed by atoms with Crippen molar-refractivity contribution < 1.29 is 14.6 Å². The van der Waals surface area contributed by atoms with Gasteiger partial charge in [-0.25, -0.2) is 4.52 Å². The average Bonchev–Trinajstić information content (AvgIpc) is 3.24. The van der Waals surface area contributed by atoms with E-state index < -0.39 is 0 Å². The molecule has 0 saturated carbocycles. The molecule has 30 heavy (non-hydrogen) atoms. The number of carbonyl (C=O) groups is 1. The number of aromatic nitrogens is 2. The normalized spacial score (nSPS) is 18.7. The van der Waals surface area contributed by atoms with Crippen LogP contribution in [0.5, 0.6) is 5.75 Å². The number of pyridine rings is 1. The van der Waals surface area contributed by atoms with E-state index in [1.54, 1.807) is 16.8 Å². The van der Waals surface area contributed by atoms with Crippen molar-refractivity contribution in [3.05, 3.63) is 59.4 Å². The number of hydrogen-bond acceptors (Lipinski definition) is 6. The first-order valence-corrected chi connectivity index (χ1v) is 10.3. The molecule has 0 unspecified atom stereocenters. The number of hydrogen-bond donors (Lipinski definition) is 3. The lowest BCUT2D eigenvalue weighted by Gasteiger charge is -2.31. The number of rotatable bonds is 4. The summed E-state index contributed by atoms with van der Waals surface area (Å²) in [5, 5.41) is 20.1. The lowest BCUT2D eigenvalue weighted by atomic mass is 10.0. The Hall–Kier alpha value is -3.10. The molecule has 0 aliphatic carbocycles. The van der Waals surface area contributed by atoms with Crippen molar-refractivity contribution in [2.24, 2.45) is 0 Å². The zero-order valence-electron chi connectivity index (χ0n) is 16.7. The van der Waals surface area contributed by atoms with Crippen LogP contribution in [0.4, 0.5) is 5.69 Å². The molecule has 5 rings (SSSR count). The van der Waals surface area contributed by atoms with Crippen molar-refractivity contribution in [2.45, 2.75) is 19.1 Å². The number of amides is 1. The summed E-state index contributed by atoms with van der Waals surface area (Å²) in [6.07, 6.45) is 2.27. The highest BCUT2D eigenvalue weighted by molar-refractivity contribution is 6.00. The molecule has 1 saturated heterocycles. The highest BCUT2D eigenvalue weighted by Gasteiger charge is 2.24. The van der Waals surface area contributed by atoms with Crippen LogP contribution >= 0.6 is 0 Å². The van der Waals surface area contributed by atoms with E-state index in [4.69, 9.17) is 4.74 Å². The van der Waals surface area contributed by atoms with Crippen molar-refractivity contribution in [3.63, 3.8) is 0 Å². The summed E-state index contributed by atoms with van der Waals surface area (Å²) in [6, 6.07) is 11.7. The van der Waals surface area contributed by atoms with E-state index in [-0.39, 0.29) is 18.6 Å². The molecule has 1 amide bonds. The lowest BCUT2D eigenvalue weighted by molar-refractivity contribution is 0.0917. The minimum Gasteiger partial charge on any atom is -0.491 e. The Morgan fingerprint density at radius 2 is 2.13 bits per heavy atom. The fourth-order valence-corrected chi connectivity index (χ4v) is 4.20. The van der Waals surface area contributed by atoms with Gasteiger partial charge in [-0.3, -0.25) is 4.79 Å². The summed E-state index contributed by atoms with van der Waals surface area (Å²) in [7, 11) is 0. The summed E-state index contributed by atoms with van der Waals surface area (Å²) in [4.78, 5) is 15.2. The average molecular weight is 407 g/mol. The molecular weight excluding hydrogens is 382 g/mol. The van der Waals surface area contributed by atoms with Gasteiger partial charge in [0.05, 0.1) is 35.6 Å². The Labute approximate surface area is 174 Å². The van der Waals surface area contributed by atoms with Gasteiger partial charge in [-0.1, -0.05) is 12.1 Å². The van der Waals surface area contributed by atoms with Crippen molar-refractivity contribution in [1.29, 1.82) is 0 Å². The summed E-state index contributed by atoms with van der Waals surface area (Å²) >= 11 is 0. The molecule has 0 bridgehead atoms. The van der Waals surface area contributed by atoms with Gasteiger partial charge in [0.1, 0.15) is 12.4 Å². The Morgan fingerprint density at radius 1 is 1.27 bits per heavy atom. The highest BCUT2D eigenvalue weighted by Crippen LogP contribution is 2.30. The van der Waals surface area contributed by atoms with Crippen LogP contribution in [0.3, 0.4) is 0 Å². The van der Waals surface area contributed by atoms with Gasteiger partial charge in [-0.05, 0) is 30.2 Å². The molecule has 2 aliphatic rings. The summed E-state index contributed by atoms with van der Waals surface area (Å²) in [5.41, 5.74) is 4.10. The smallest absolute Gasteiger partial charge is 0.255 e. The molecule has 8 nitrogen and oxygen atoms in total. The number of benzene rings is 1. The molecule has 8 heteroatoms. The molecule has 0 spiro atoms. The van der Waals surface area contributed by atoms with E-state index in [1.165, 1.54) is 5.69 Å². The summed E-state index contributed by atoms with van der Waals surface area (Å²) in [6.45, 7) is 4.28. The van der Waals surface area contributed by atoms with E-state index in [0.717, 1.165) is 43.9 Å². The molecule has 4 heterocycles. The largest absolute Gasteiger partial charge is 0.491 e. The van der Waals surface area contributed by atoms with Gasteiger partial charge in [0.2, 0.25) is 0 Å². The first kappa shape index (κ1) is 18.9. The molecule has 1 atom stereocenters. The Balaban J connectivity index is 1.29. The number of nitrogens with zero attached hydrogens (tertiary/aromatic N) is 3. The Morgan fingerprint density at radius 3 is 2.97 bits per heavy atom. The zero-order valence-corrected chi connectivity index (χ0v) is 16.7. The minimum absolute atomic E-state index is 0.106. The van der Waals surface area contributed by atoms with E-state index in [1.807, 2.05) is 12.1 Å². The molecular formula is C22H25N5O3. The van der Waals surface area contributed by atoms with Crippen LogP contribution in [0.15, 0.2) is 42.6 Å². The van der Waals surface area contributed by atoms with Crippen LogP contribution in [0, 0.1) is 0 Å². The number of anilines is 1. The molecule has 0 radical (unpaired) electrons. The summed E-state index contributed by atoms with van der Waals surface area (Å²) < 4.78 is 7.60. The van der Waals surface area contributed by atoms with Crippen molar-refractivity contribution in [1.82, 2.24) is 20.2 Å². The molecule has 2 aromatic heterocycles. The van der Waals surface area contributed by atoms with E-state index in [9.17, 15) is 9.90 Å². The molecule has 3 N–H and O–H groups in total. The predicted octanol–water partition coefficient (Wildman–Crippen LogP) is 0.970. The maximum atomic E-state index is 12.9. The second-order valence-electron chi connectivity index (χ2n) is 7.75. The molecule has 1 aromatic carbocycles. The maximum absolute atomic E-state index is 12.9. The third-order valence-electron chi connectivity index (χ3n) is 5.80. The van der Waals surface area contributed by atoms with Crippen LogP contribution in [-0.2, 0) is 13.0 Å². The van der Waals surface area contributed by atoms with Crippen LogP contribution in [-0.4, -0.2) is 59.5 Å². The number of ether oxygens (including phenoxy) is 1. The number of fused-ring (bicyclic) bond motifs is 2. The highest BCUT2D eigenvalue weighted by atomic mass is 16.5. The van der Waals surface area contributed by atoms with Gasteiger partial charge in [0, 0.05) is 37.9 Å². The number of aliphatic hydroxyl groups excluding tert-OH is 1. The Kier molecular flexibility index (Phi) is 5.02. The molecule has 3 aromatic rings. The monoisotopic (exact) mass is 407 g/mol. The number of aliphatic hydroxyl groups is 1. The van der Waals surface area contributed by atoms with Crippen LogP contribution < -0.4 is 20.3 Å². The van der Waals surface area contributed by atoms with Gasteiger partial charge in [-0.2, -0.15) is 5.10 Å². The van der Waals surface area contributed by atoms with Crippen molar-refractivity contribution >= 4 is 17.1 Å². The van der Waals surface area contributed by atoms with E-state index in [2.05, 4.69) is 38.8 Å². The van der Waals surface area contributed by atoms with Crippen LogP contribution in [0.2, 0.25) is 0 Å². The van der Waals surface area contributed by atoms with Crippen LogP contribution in [0.1, 0.15) is 21.6 Å². The quantitative estimate of drug-likeness (QED) is 0.597. The standard InChI is InChI=1S/C22H25N5O3/c28-13-18-2-1-3-20-19(12-24-27(18)20)22(29)25-16-10-15-4-5-17(11-21(15)30-14-16)26-8-6-23-7-9-26/h1-5,11-12,16,23,28H,6-10,13-14H2,(H,25,29)/t16-/m1/s1. The minimum atomic E-state index is -0.186.